The van der Waals surface area contributed by atoms with Crippen LogP contribution in [0.1, 0.15) is 32.8 Å². The van der Waals surface area contributed by atoms with Crippen LogP contribution in [0.4, 0.5) is 5.82 Å². The maximum Gasteiger partial charge on any atom is 0.130 e. The number of rotatable bonds is 5. The van der Waals surface area contributed by atoms with Gasteiger partial charge in [-0.1, -0.05) is 13.0 Å². The molecular formula is C16H28N4. The van der Waals surface area contributed by atoms with Gasteiger partial charge in [-0.15, -0.1) is 0 Å². The molecule has 0 atom stereocenters. The smallest absolute Gasteiger partial charge is 0.130 e. The molecule has 2 rings (SSSR count). The number of nitrogens with one attached hydrogen (secondary N) is 1. The molecule has 0 spiro atoms. The van der Waals surface area contributed by atoms with Gasteiger partial charge in [-0.3, -0.25) is 9.80 Å². The predicted octanol–water partition coefficient (Wildman–Crippen LogP) is 2.43. The Morgan fingerprint density at radius 2 is 2.15 bits per heavy atom. The maximum atomic E-state index is 4.48. The van der Waals surface area contributed by atoms with Crippen molar-refractivity contribution < 1.29 is 0 Å². The fourth-order valence-corrected chi connectivity index (χ4v) is 2.69. The molecule has 0 aliphatic carbocycles. The van der Waals surface area contributed by atoms with Crippen molar-refractivity contribution in [3.63, 3.8) is 0 Å². The number of nitrogens with zero attached hydrogens (tertiary/aromatic N) is 3. The highest BCUT2D eigenvalue weighted by atomic mass is 15.3. The fraction of sp³-hybridized carbons (Fsp3) is 0.688. The van der Waals surface area contributed by atoms with Gasteiger partial charge in [-0.2, -0.15) is 0 Å². The number of piperazine rings is 1. The second kappa shape index (κ2) is 6.55. The predicted molar refractivity (Wildman–Crippen MR) is 85.0 cm³/mol. The Bertz CT molecular complexity index is 430. The quantitative estimate of drug-likeness (QED) is 0.895. The molecule has 1 saturated heterocycles. The van der Waals surface area contributed by atoms with Crippen LogP contribution < -0.4 is 5.32 Å². The molecule has 0 bridgehead atoms. The van der Waals surface area contributed by atoms with Crippen LogP contribution in [0.2, 0.25) is 0 Å². The van der Waals surface area contributed by atoms with Gasteiger partial charge >= 0.3 is 0 Å². The van der Waals surface area contributed by atoms with E-state index in [4.69, 9.17) is 0 Å². The Labute approximate surface area is 123 Å². The van der Waals surface area contributed by atoms with Crippen LogP contribution in [0.25, 0.3) is 0 Å². The van der Waals surface area contributed by atoms with E-state index in [0.29, 0.717) is 0 Å². The minimum Gasteiger partial charge on any atom is -0.370 e. The van der Waals surface area contributed by atoms with E-state index in [2.05, 4.69) is 54.0 Å². The summed E-state index contributed by atoms with van der Waals surface area (Å²) in [6.45, 7) is 12.1. The lowest BCUT2D eigenvalue weighted by atomic mass is 9.99. The van der Waals surface area contributed by atoms with Crippen molar-refractivity contribution in [3.05, 3.63) is 23.9 Å². The van der Waals surface area contributed by atoms with Gasteiger partial charge in [0, 0.05) is 50.0 Å². The van der Waals surface area contributed by atoms with Crippen LogP contribution in [-0.4, -0.2) is 53.5 Å². The van der Waals surface area contributed by atoms with Crippen molar-refractivity contribution in [1.82, 2.24) is 14.8 Å². The molecule has 0 radical (unpaired) electrons. The molecule has 1 fully saturated rings. The molecule has 1 aromatic rings. The highest BCUT2D eigenvalue weighted by molar-refractivity contribution is 5.43. The Morgan fingerprint density at radius 1 is 1.35 bits per heavy atom. The van der Waals surface area contributed by atoms with Crippen molar-refractivity contribution in [3.8, 4) is 0 Å². The first-order chi connectivity index (χ1) is 9.53. The highest BCUT2D eigenvalue weighted by Gasteiger charge is 2.31. The molecule has 1 N–H and O–H groups in total. The summed E-state index contributed by atoms with van der Waals surface area (Å²) < 4.78 is 0. The van der Waals surface area contributed by atoms with Crippen LogP contribution in [-0.2, 0) is 6.54 Å². The first-order valence-corrected chi connectivity index (χ1v) is 7.64. The molecular weight excluding hydrogens is 248 g/mol. The van der Waals surface area contributed by atoms with E-state index in [9.17, 15) is 0 Å². The van der Waals surface area contributed by atoms with E-state index in [1.807, 2.05) is 12.3 Å². The molecule has 112 valence electrons. The van der Waals surface area contributed by atoms with Crippen LogP contribution >= 0.6 is 0 Å². The van der Waals surface area contributed by atoms with Crippen molar-refractivity contribution in [1.29, 1.82) is 0 Å². The second-order valence-electron chi connectivity index (χ2n) is 6.38. The summed E-state index contributed by atoms with van der Waals surface area (Å²) >= 11 is 0. The Balaban J connectivity index is 2.03. The number of hydrogen-bond acceptors (Lipinski definition) is 4. The van der Waals surface area contributed by atoms with E-state index in [1.165, 1.54) is 5.56 Å². The summed E-state index contributed by atoms with van der Waals surface area (Å²) in [6.07, 6.45) is 2.99. The lowest BCUT2D eigenvalue weighted by Gasteiger charge is -2.45. The third kappa shape index (κ3) is 3.70. The van der Waals surface area contributed by atoms with Gasteiger partial charge in [0.15, 0.2) is 0 Å². The Hall–Kier alpha value is -1.13. The Morgan fingerprint density at radius 3 is 2.85 bits per heavy atom. The van der Waals surface area contributed by atoms with Crippen LogP contribution in [0.5, 0.6) is 0 Å². The topological polar surface area (TPSA) is 31.4 Å². The minimum atomic E-state index is 0.247. The van der Waals surface area contributed by atoms with E-state index in [0.717, 1.165) is 45.0 Å². The van der Waals surface area contributed by atoms with Crippen molar-refractivity contribution >= 4 is 5.82 Å². The molecule has 1 aliphatic rings. The Kier molecular flexibility index (Phi) is 5.00. The molecule has 0 saturated carbocycles. The zero-order valence-electron chi connectivity index (χ0n) is 13.3. The van der Waals surface area contributed by atoms with Gasteiger partial charge in [0.25, 0.3) is 0 Å². The summed E-state index contributed by atoms with van der Waals surface area (Å²) in [4.78, 5) is 9.47. The molecule has 0 unspecified atom stereocenters. The number of hydrogen-bond donors (Lipinski definition) is 1. The zero-order valence-corrected chi connectivity index (χ0v) is 13.3. The summed E-state index contributed by atoms with van der Waals surface area (Å²) in [5.41, 5.74) is 1.55. The SMILES string of the molecule is CCCNc1ncccc1CN1CCN(C)C(C)(C)C1. The number of likely N-dealkylation sites (N-methyl/N-ethyl adjacent to an activating group) is 1. The van der Waals surface area contributed by atoms with Crippen molar-refractivity contribution in [2.24, 2.45) is 0 Å². The molecule has 2 heterocycles. The van der Waals surface area contributed by atoms with Gasteiger partial charge in [-0.25, -0.2) is 4.98 Å². The lowest BCUT2D eigenvalue weighted by molar-refractivity contribution is 0.0360. The minimum absolute atomic E-state index is 0.247. The van der Waals surface area contributed by atoms with Gasteiger partial charge in [0.1, 0.15) is 5.82 Å². The summed E-state index contributed by atoms with van der Waals surface area (Å²) in [5, 5.41) is 3.43. The molecule has 20 heavy (non-hydrogen) atoms. The summed E-state index contributed by atoms with van der Waals surface area (Å²) in [6, 6.07) is 4.23. The van der Waals surface area contributed by atoms with Crippen LogP contribution in [0.15, 0.2) is 18.3 Å². The first-order valence-electron chi connectivity index (χ1n) is 7.64. The van der Waals surface area contributed by atoms with Crippen molar-refractivity contribution in [2.75, 3.05) is 38.5 Å². The fourth-order valence-electron chi connectivity index (χ4n) is 2.69. The monoisotopic (exact) mass is 276 g/mol. The van der Waals surface area contributed by atoms with Gasteiger partial charge in [0.05, 0.1) is 0 Å². The number of pyridine rings is 1. The second-order valence-corrected chi connectivity index (χ2v) is 6.38. The molecule has 4 heteroatoms. The third-order valence-corrected chi connectivity index (χ3v) is 4.22. The largest absolute Gasteiger partial charge is 0.370 e. The average Bonchev–Trinajstić information content (AvgIpc) is 2.42. The first kappa shape index (κ1) is 15.3. The van der Waals surface area contributed by atoms with E-state index in [-0.39, 0.29) is 5.54 Å². The summed E-state index contributed by atoms with van der Waals surface area (Å²) in [5.74, 6) is 1.05. The summed E-state index contributed by atoms with van der Waals surface area (Å²) in [7, 11) is 2.22. The van der Waals surface area contributed by atoms with E-state index < -0.39 is 0 Å². The van der Waals surface area contributed by atoms with E-state index in [1.54, 1.807) is 0 Å². The molecule has 4 nitrogen and oxygen atoms in total. The molecule has 1 aromatic heterocycles. The number of anilines is 1. The van der Waals surface area contributed by atoms with Crippen LogP contribution in [0, 0.1) is 0 Å². The molecule has 1 aliphatic heterocycles. The molecule has 0 amide bonds. The highest BCUT2D eigenvalue weighted by Crippen LogP contribution is 2.22. The lowest BCUT2D eigenvalue weighted by Crippen LogP contribution is -2.57. The van der Waals surface area contributed by atoms with Gasteiger partial charge < -0.3 is 5.32 Å². The standard InChI is InChI=1S/C16H28N4/c1-5-8-17-15-14(7-6-9-18-15)12-20-11-10-19(4)16(2,3)13-20/h6-7,9H,5,8,10-13H2,1-4H3,(H,17,18). The van der Waals surface area contributed by atoms with E-state index >= 15 is 0 Å². The zero-order chi connectivity index (χ0) is 14.6. The average molecular weight is 276 g/mol. The third-order valence-electron chi connectivity index (χ3n) is 4.22. The van der Waals surface area contributed by atoms with Crippen LogP contribution in [0.3, 0.4) is 0 Å². The van der Waals surface area contributed by atoms with Gasteiger partial charge in [0.2, 0.25) is 0 Å². The van der Waals surface area contributed by atoms with Crippen molar-refractivity contribution in [2.45, 2.75) is 39.3 Å². The van der Waals surface area contributed by atoms with Gasteiger partial charge in [-0.05, 0) is 33.4 Å². The number of aromatic nitrogens is 1. The maximum absolute atomic E-state index is 4.48. The normalized spacial score (nSPS) is 20.0. The molecule has 0 aromatic carbocycles.